The molecule has 0 amide bonds. The summed E-state index contributed by atoms with van der Waals surface area (Å²) in [7, 11) is 0. The predicted octanol–water partition coefficient (Wildman–Crippen LogP) is 5.89. The van der Waals surface area contributed by atoms with Crippen LogP contribution in [0.3, 0.4) is 0 Å². The molecule has 0 aliphatic heterocycles. The highest BCUT2D eigenvalue weighted by atomic mass is 16.5. The number of benzene rings is 2. The van der Waals surface area contributed by atoms with Gasteiger partial charge in [0, 0.05) is 17.8 Å². The van der Waals surface area contributed by atoms with Crippen molar-refractivity contribution in [3.8, 4) is 17.2 Å². The molecule has 0 spiro atoms. The van der Waals surface area contributed by atoms with Crippen molar-refractivity contribution in [2.45, 2.75) is 52.6 Å². The highest BCUT2D eigenvalue weighted by molar-refractivity contribution is 5.85. The van der Waals surface area contributed by atoms with Crippen molar-refractivity contribution in [2.24, 2.45) is 4.99 Å². The van der Waals surface area contributed by atoms with Gasteiger partial charge in [0.1, 0.15) is 17.2 Å². The van der Waals surface area contributed by atoms with Crippen molar-refractivity contribution in [3.63, 3.8) is 0 Å². The lowest BCUT2D eigenvalue weighted by Gasteiger charge is -2.09. The normalized spacial score (nSPS) is 11.2. The van der Waals surface area contributed by atoms with E-state index in [1.807, 2.05) is 50.2 Å². The number of hydrogen-bond acceptors (Lipinski definition) is 4. The van der Waals surface area contributed by atoms with Gasteiger partial charge in [-0.3, -0.25) is 4.99 Å². The standard InChI is InChI=1S/C22H29NO3/c1-4-5-6-7-14-25-21-11-8-18(22(24)15-21)16-23-19-9-12-20(13-10-19)26-17(2)3/h8-13,15-17,24H,4-7,14H2,1-3H3. The van der Waals surface area contributed by atoms with Gasteiger partial charge in [-0.1, -0.05) is 26.2 Å². The van der Waals surface area contributed by atoms with Gasteiger partial charge in [0.2, 0.25) is 0 Å². The van der Waals surface area contributed by atoms with Crippen LogP contribution >= 0.6 is 0 Å². The van der Waals surface area contributed by atoms with Crippen LogP contribution in [-0.2, 0) is 0 Å². The second-order valence-electron chi connectivity index (χ2n) is 6.55. The lowest BCUT2D eigenvalue weighted by atomic mass is 10.2. The molecule has 0 atom stereocenters. The fourth-order valence-electron chi connectivity index (χ4n) is 2.47. The minimum absolute atomic E-state index is 0.147. The van der Waals surface area contributed by atoms with E-state index in [1.165, 1.54) is 19.3 Å². The summed E-state index contributed by atoms with van der Waals surface area (Å²) in [6.45, 7) is 6.85. The molecule has 2 aromatic carbocycles. The minimum atomic E-state index is 0.147. The highest BCUT2D eigenvalue weighted by Gasteiger charge is 2.02. The van der Waals surface area contributed by atoms with E-state index < -0.39 is 0 Å². The maximum Gasteiger partial charge on any atom is 0.128 e. The van der Waals surface area contributed by atoms with Crippen LogP contribution in [0.5, 0.6) is 17.2 Å². The van der Waals surface area contributed by atoms with Gasteiger partial charge >= 0.3 is 0 Å². The number of hydrogen-bond donors (Lipinski definition) is 1. The number of rotatable bonds is 10. The van der Waals surface area contributed by atoms with Crippen molar-refractivity contribution in [3.05, 3.63) is 48.0 Å². The Labute approximate surface area is 156 Å². The Hall–Kier alpha value is -2.49. The summed E-state index contributed by atoms with van der Waals surface area (Å²) in [6, 6.07) is 12.9. The van der Waals surface area contributed by atoms with Gasteiger partial charge in [-0.25, -0.2) is 0 Å². The average molecular weight is 355 g/mol. The molecule has 0 aliphatic rings. The molecule has 2 aromatic rings. The summed E-state index contributed by atoms with van der Waals surface area (Å²) in [5.74, 6) is 1.67. The van der Waals surface area contributed by atoms with Crippen LogP contribution in [0.2, 0.25) is 0 Å². The number of unbranched alkanes of at least 4 members (excludes halogenated alkanes) is 3. The monoisotopic (exact) mass is 355 g/mol. The summed E-state index contributed by atoms with van der Waals surface area (Å²) in [5.41, 5.74) is 1.46. The van der Waals surface area contributed by atoms with E-state index in [0.717, 1.165) is 17.9 Å². The Morgan fingerprint density at radius 2 is 1.73 bits per heavy atom. The molecule has 4 heteroatoms. The molecular formula is C22H29NO3. The summed E-state index contributed by atoms with van der Waals surface area (Å²) < 4.78 is 11.3. The van der Waals surface area contributed by atoms with Crippen LogP contribution in [0.15, 0.2) is 47.5 Å². The number of aliphatic imine (C=N–C) groups is 1. The van der Waals surface area contributed by atoms with Crippen LogP contribution in [0.1, 0.15) is 52.0 Å². The number of phenols is 1. The Bertz CT molecular complexity index is 693. The predicted molar refractivity (Wildman–Crippen MR) is 107 cm³/mol. The molecule has 140 valence electrons. The molecule has 0 bridgehead atoms. The third-order valence-electron chi connectivity index (χ3n) is 3.83. The zero-order valence-electron chi connectivity index (χ0n) is 15.9. The summed E-state index contributed by atoms with van der Waals surface area (Å²) in [4.78, 5) is 4.40. The first-order valence-corrected chi connectivity index (χ1v) is 9.35. The highest BCUT2D eigenvalue weighted by Crippen LogP contribution is 2.24. The lowest BCUT2D eigenvalue weighted by molar-refractivity contribution is 0.242. The number of nitrogens with zero attached hydrogens (tertiary/aromatic N) is 1. The van der Waals surface area contributed by atoms with Gasteiger partial charge in [0.05, 0.1) is 18.4 Å². The van der Waals surface area contributed by atoms with Crippen molar-refractivity contribution in [1.29, 1.82) is 0 Å². The maximum atomic E-state index is 10.2. The van der Waals surface area contributed by atoms with E-state index >= 15 is 0 Å². The molecule has 26 heavy (non-hydrogen) atoms. The first-order chi connectivity index (χ1) is 12.6. The molecule has 2 rings (SSSR count). The van der Waals surface area contributed by atoms with Crippen LogP contribution in [-0.4, -0.2) is 24.0 Å². The zero-order chi connectivity index (χ0) is 18.8. The van der Waals surface area contributed by atoms with Crippen molar-refractivity contribution < 1.29 is 14.6 Å². The maximum absolute atomic E-state index is 10.2. The largest absolute Gasteiger partial charge is 0.507 e. The fourth-order valence-corrected chi connectivity index (χ4v) is 2.47. The smallest absolute Gasteiger partial charge is 0.128 e. The van der Waals surface area contributed by atoms with Gasteiger partial charge < -0.3 is 14.6 Å². The fraction of sp³-hybridized carbons (Fsp3) is 0.409. The second kappa shape index (κ2) is 10.5. The molecule has 0 aromatic heterocycles. The van der Waals surface area contributed by atoms with E-state index in [-0.39, 0.29) is 11.9 Å². The van der Waals surface area contributed by atoms with Gasteiger partial charge in [0.15, 0.2) is 0 Å². The molecular weight excluding hydrogens is 326 g/mol. The minimum Gasteiger partial charge on any atom is -0.507 e. The van der Waals surface area contributed by atoms with E-state index in [9.17, 15) is 5.11 Å². The van der Waals surface area contributed by atoms with Gasteiger partial charge in [-0.05, 0) is 56.7 Å². The van der Waals surface area contributed by atoms with Crippen LogP contribution in [0, 0.1) is 0 Å². The van der Waals surface area contributed by atoms with E-state index in [2.05, 4.69) is 11.9 Å². The summed E-state index contributed by atoms with van der Waals surface area (Å²) in [6.07, 6.45) is 6.45. The molecule has 0 radical (unpaired) electrons. The van der Waals surface area contributed by atoms with E-state index in [1.54, 1.807) is 12.3 Å². The zero-order valence-corrected chi connectivity index (χ0v) is 15.9. The first-order valence-electron chi connectivity index (χ1n) is 9.35. The molecule has 0 saturated heterocycles. The van der Waals surface area contributed by atoms with Crippen molar-refractivity contribution >= 4 is 11.9 Å². The number of phenolic OH excluding ortho intramolecular Hbond substituents is 1. The molecule has 0 heterocycles. The van der Waals surface area contributed by atoms with Gasteiger partial charge in [0.25, 0.3) is 0 Å². The Kier molecular flexibility index (Phi) is 8.00. The Morgan fingerprint density at radius 3 is 2.38 bits per heavy atom. The number of aromatic hydroxyl groups is 1. The molecule has 0 unspecified atom stereocenters. The number of ether oxygens (including phenoxy) is 2. The molecule has 0 aliphatic carbocycles. The quantitative estimate of drug-likeness (QED) is 0.427. The molecule has 4 nitrogen and oxygen atoms in total. The van der Waals surface area contributed by atoms with Gasteiger partial charge in [-0.15, -0.1) is 0 Å². The van der Waals surface area contributed by atoms with Crippen LogP contribution in [0.25, 0.3) is 0 Å². The van der Waals surface area contributed by atoms with E-state index in [0.29, 0.717) is 17.9 Å². The summed E-state index contributed by atoms with van der Waals surface area (Å²) in [5, 5.41) is 10.2. The van der Waals surface area contributed by atoms with Gasteiger partial charge in [-0.2, -0.15) is 0 Å². The SMILES string of the molecule is CCCCCCOc1ccc(C=Nc2ccc(OC(C)C)cc2)c(O)c1. The van der Waals surface area contributed by atoms with E-state index in [4.69, 9.17) is 9.47 Å². The molecule has 1 N–H and O–H groups in total. The van der Waals surface area contributed by atoms with Crippen LogP contribution in [0.4, 0.5) is 5.69 Å². The second-order valence-corrected chi connectivity index (χ2v) is 6.55. The lowest BCUT2D eigenvalue weighted by Crippen LogP contribution is -2.04. The average Bonchev–Trinajstić information content (AvgIpc) is 2.61. The third kappa shape index (κ3) is 6.79. The first kappa shape index (κ1) is 19.8. The molecule has 0 fully saturated rings. The van der Waals surface area contributed by atoms with Crippen molar-refractivity contribution in [2.75, 3.05) is 6.61 Å². The van der Waals surface area contributed by atoms with Crippen molar-refractivity contribution in [1.82, 2.24) is 0 Å². The summed E-state index contributed by atoms with van der Waals surface area (Å²) >= 11 is 0. The topological polar surface area (TPSA) is 51.0 Å². The Balaban J connectivity index is 1.91. The van der Waals surface area contributed by atoms with Crippen LogP contribution < -0.4 is 9.47 Å². The molecule has 0 saturated carbocycles. The third-order valence-corrected chi connectivity index (χ3v) is 3.83. The Morgan fingerprint density at radius 1 is 1.00 bits per heavy atom.